The molecule has 0 saturated carbocycles. The Balaban J connectivity index is 1.18. The van der Waals surface area contributed by atoms with Crippen LogP contribution in [0, 0.1) is 0 Å². The molecule has 4 rings (SSSR count). The number of carbonyl (C=O) groups excluding carboxylic acids is 1. The number of hydrogen-bond donors (Lipinski definition) is 0. The van der Waals surface area contributed by atoms with Crippen LogP contribution in [0.1, 0.15) is 140 Å². The van der Waals surface area contributed by atoms with Crippen LogP contribution in [0.2, 0.25) is 0 Å². The molecule has 1 aliphatic heterocycles. The molecule has 224 valence electrons. The van der Waals surface area contributed by atoms with Crippen molar-refractivity contribution in [3.05, 3.63) is 59.9 Å². The molecule has 2 aromatic carbocycles. The van der Waals surface area contributed by atoms with Crippen molar-refractivity contribution < 1.29 is 4.79 Å². The van der Waals surface area contributed by atoms with Crippen molar-refractivity contribution in [1.29, 1.82) is 0 Å². The summed E-state index contributed by atoms with van der Waals surface area (Å²) >= 11 is 0. The van der Waals surface area contributed by atoms with Crippen molar-refractivity contribution in [2.24, 2.45) is 0 Å². The number of benzene rings is 2. The quantitative estimate of drug-likeness (QED) is 0.130. The fourth-order valence-electron chi connectivity index (χ4n) is 6.65. The van der Waals surface area contributed by atoms with Crippen LogP contribution in [-0.2, 0) is 17.8 Å². The number of aromatic nitrogens is 2. The summed E-state index contributed by atoms with van der Waals surface area (Å²) in [6.45, 7) is 6.16. The smallest absolute Gasteiger partial charge is 0.227 e. The van der Waals surface area contributed by atoms with E-state index in [9.17, 15) is 4.79 Å². The Labute approximate surface area is 249 Å². The average molecular weight is 558 g/mol. The third-order valence-electron chi connectivity index (χ3n) is 9.07. The summed E-state index contributed by atoms with van der Waals surface area (Å²) in [6, 6.07) is 16.8. The van der Waals surface area contributed by atoms with Gasteiger partial charge in [-0.1, -0.05) is 140 Å². The molecule has 0 radical (unpaired) electrons. The molecule has 1 aromatic heterocycles. The van der Waals surface area contributed by atoms with Gasteiger partial charge in [0.2, 0.25) is 5.91 Å². The Morgan fingerprint density at radius 2 is 1.27 bits per heavy atom. The summed E-state index contributed by atoms with van der Waals surface area (Å²) in [7, 11) is 0. The lowest BCUT2D eigenvalue weighted by Gasteiger charge is -2.20. The number of unbranched alkanes of at least 4 members (excludes halogenated alkanes) is 15. The minimum atomic E-state index is 0.140. The zero-order valence-corrected chi connectivity index (χ0v) is 26.1. The number of hydrogen-bond acceptors (Lipinski definition) is 2. The Bertz CT molecular complexity index is 1180. The van der Waals surface area contributed by atoms with Crippen molar-refractivity contribution in [2.75, 3.05) is 11.4 Å². The number of carbonyl (C=O) groups is 1. The van der Waals surface area contributed by atoms with Gasteiger partial charge in [0, 0.05) is 31.1 Å². The van der Waals surface area contributed by atoms with Crippen LogP contribution in [0.15, 0.2) is 48.5 Å². The largest absolute Gasteiger partial charge is 0.328 e. The second-order valence-corrected chi connectivity index (χ2v) is 12.3. The highest BCUT2D eigenvalue weighted by Crippen LogP contribution is 2.35. The number of fused-ring (bicyclic) bond motifs is 1. The van der Waals surface area contributed by atoms with Crippen molar-refractivity contribution >= 4 is 22.6 Å². The van der Waals surface area contributed by atoms with E-state index in [1.807, 2.05) is 11.0 Å². The first-order valence-corrected chi connectivity index (χ1v) is 17.1. The molecule has 0 bridgehead atoms. The number of amides is 1. The van der Waals surface area contributed by atoms with E-state index in [0.29, 0.717) is 6.42 Å². The number of aryl methyl sites for hydroxylation is 2. The Kier molecular flexibility index (Phi) is 13.3. The van der Waals surface area contributed by atoms with Crippen LogP contribution in [0.5, 0.6) is 0 Å². The van der Waals surface area contributed by atoms with Gasteiger partial charge in [0.15, 0.2) is 0 Å². The van der Waals surface area contributed by atoms with Crippen molar-refractivity contribution in [3.63, 3.8) is 0 Å². The van der Waals surface area contributed by atoms with Gasteiger partial charge >= 0.3 is 0 Å². The van der Waals surface area contributed by atoms with E-state index in [-0.39, 0.29) is 11.8 Å². The average Bonchev–Trinajstić information content (AvgIpc) is 3.57. The van der Waals surface area contributed by atoms with Crippen LogP contribution >= 0.6 is 0 Å². The van der Waals surface area contributed by atoms with E-state index in [4.69, 9.17) is 4.98 Å². The first-order chi connectivity index (χ1) is 20.2. The monoisotopic (exact) mass is 557 g/mol. The summed E-state index contributed by atoms with van der Waals surface area (Å²) in [4.78, 5) is 20.2. The summed E-state index contributed by atoms with van der Waals surface area (Å²) in [6.07, 6.45) is 23.6. The molecule has 0 aliphatic carbocycles. The Hall–Kier alpha value is -2.62. The van der Waals surface area contributed by atoms with Crippen LogP contribution in [0.4, 0.5) is 5.69 Å². The SMILES string of the molecule is CCCCCCCCCCCCCCCCCCn1c(C2CC(=O)N(c3ccccc3CC)C2)nc2ccccc21. The molecule has 41 heavy (non-hydrogen) atoms. The van der Waals surface area contributed by atoms with Gasteiger partial charge in [0.25, 0.3) is 0 Å². The lowest BCUT2D eigenvalue weighted by Crippen LogP contribution is -2.25. The first kappa shape index (κ1) is 31.3. The highest BCUT2D eigenvalue weighted by atomic mass is 16.2. The van der Waals surface area contributed by atoms with Gasteiger partial charge in [-0.3, -0.25) is 4.79 Å². The molecule has 4 heteroatoms. The zero-order valence-electron chi connectivity index (χ0n) is 26.1. The maximum atomic E-state index is 13.2. The van der Waals surface area contributed by atoms with E-state index in [1.165, 1.54) is 114 Å². The molecule has 1 fully saturated rings. The maximum absolute atomic E-state index is 13.2. The number of anilines is 1. The summed E-state index contributed by atoms with van der Waals surface area (Å²) < 4.78 is 2.42. The molecular formula is C37H55N3O. The zero-order chi connectivity index (χ0) is 28.7. The van der Waals surface area contributed by atoms with Gasteiger partial charge in [0.05, 0.1) is 11.0 Å². The Morgan fingerprint density at radius 1 is 0.707 bits per heavy atom. The van der Waals surface area contributed by atoms with Crippen LogP contribution in [0.3, 0.4) is 0 Å². The Morgan fingerprint density at radius 3 is 1.90 bits per heavy atom. The van der Waals surface area contributed by atoms with E-state index >= 15 is 0 Å². The standard InChI is InChI=1S/C37H55N3O/c1-3-5-6-7-8-9-10-11-12-13-14-15-16-17-18-23-28-39-35-27-22-20-25-33(35)38-37(39)32-29-36(41)40(30-32)34-26-21-19-24-31(34)4-2/h19-22,24-27,32H,3-18,23,28-30H2,1-2H3. The van der Waals surface area contributed by atoms with Crippen LogP contribution in [-0.4, -0.2) is 22.0 Å². The third kappa shape index (κ3) is 9.18. The number of nitrogens with zero attached hydrogens (tertiary/aromatic N) is 3. The van der Waals surface area contributed by atoms with Crippen LogP contribution < -0.4 is 4.90 Å². The van der Waals surface area contributed by atoms with E-state index in [0.717, 1.165) is 36.5 Å². The molecule has 1 aliphatic rings. The van der Waals surface area contributed by atoms with Gasteiger partial charge < -0.3 is 9.47 Å². The highest BCUT2D eigenvalue weighted by molar-refractivity contribution is 5.97. The highest BCUT2D eigenvalue weighted by Gasteiger charge is 2.35. The molecule has 0 N–H and O–H groups in total. The summed E-state index contributed by atoms with van der Waals surface area (Å²) in [5, 5.41) is 0. The minimum Gasteiger partial charge on any atom is -0.328 e. The van der Waals surface area contributed by atoms with Gasteiger partial charge in [0.1, 0.15) is 5.82 Å². The van der Waals surface area contributed by atoms with Crippen molar-refractivity contribution in [1.82, 2.24) is 9.55 Å². The number of rotatable bonds is 20. The maximum Gasteiger partial charge on any atom is 0.227 e. The fraction of sp³-hybridized carbons (Fsp3) is 0.622. The molecule has 2 heterocycles. The predicted molar refractivity (Wildman–Crippen MR) is 175 cm³/mol. The molecule has 1 unspecified atom stereocenters. The lowest BCUT2D eigenvalue weighted by molar-refractivity contribution is -0.117. The van der Waals surface area contributed by atoms with Crippen LogP contribution in [0.25, 0.3) is 11.0 Å². The topological polar surface area (TPSA) is 38.1 Å². The second kappa shape index (κ2) is 17.4. The predicted octanol–water partition coefficient (Wildman–Crippen LogP) is 10.4. The number of para-hydroxylation sites is 3. The van der Waals surface area contributed by atoms with E-state index < -0.39 is 0 Å². The van der Waals surface area contributed by atoms with Gasteiger partial charge in [-0.15, -0.1) is 0 Å². The molecule has 1 amide bonds. The summed E-state index contributed by atoms with van der Waals surface area (Å²) in [5.41, 5.74) is 4.58. The molecule has 1 atom stereocenters. The molecule has 0 spiro atoms. The molecule has 4 nitrogen and oxygen atoms in total. The molecule has 1 saturated heterocycles. The first-order valence-electron chi connectivity index (χ1n) is 17.1. The van der Waals surface area contributed by atoms with Crippen molar-refractivity contribution in [3.8, 4) is 0 Å². The fourth-order valence-corrected chi connectivity index (χ4v) is 6.65. The number of imidazole rings is 1. The van der Waals surface area contributed by atoms with Gasteiger partial charge in [-0.2, -0.15) is 0 Å². The van der Waals surface area contributed by atoms with Gasteiger partial charge in [-0.25, -0.2) is 4.98 Å². The normalized spacial score (nSPS) is 15.4. The second-order valence-electron chi connectivity index (χ2n) is 12.3. The molecule has 3 aromatic rings. The lowest BCUT2D eigenvalue weighted by atomic mass is 10.0. The van der Waals surface area contributed by atoms with E-state index in [1.54, 1.807) is 0 Å². The van der Waals surface area contributed by atoms with Crippen molar-refractivity contribution in [2.45, 2.75) is 142 Å². The summed E-state index contributed by atoms with van der Waals surface area (Å²) in [5.74, 6) is 1.45. The van der Waals surface area contributed by atoms with E-state index in [2.05, 4.69) is 60.9 Å². The molecular weight excluding hydrogens is 502 g/mol. The minimum absolute atomic E-state index is 0.140. The third-order valence-corrected chi connectivity index (χ3v) is 9.07. The van der Waals surface area contributed by atoms with Gasteiger partial charge in [-0.05, 0) is 36.6 Å².